The van der Waals surface area contributed by atoms with E-state index in [4.69, 9.17) is 0 Å². The Hall–Kier alpha value is -3.43. The van der Waals surface area contributed by atoms with Crippen molar-refractivity contribution in [1.29, 1.82) is 0 Å². The standard InChI is InChI=1S/C18H12F5N3O2/c19-13-5-3-6-14(20)16(13)17(27)25-12-8-24-26(10-12)9-11-4-1-2-7-15(11)28-18(21,22)23/h1-8,10H,9H2,(H,25,27). The Bertz CT molecular complexity index is 981. The fraction of sp³-hybridized carbons (Fsp3) is 0.111. The molecule has 0 aliphatic carbocycles. The molecule has 0 aliphatic heterocycles. The van der Waals surface area contributed by atoms with Gasteiger partial charge in [-0.3, -0.25) is 9.48 Å². The van der Waals surface area contributed by atoms with E-state index in [0.29, 0.717) is 0 Å². The zero-order valence-corrected chi connectivity index (χ0v) is 14.0. The smallest absolute Gasteiger partial charge is 0.405 e. The number of nitrogens with zero attached hydrogens (tertiary/aromatic N) is 2. The number of rotatable bonds is 5. The third-order valence-corrected chi connectivity index (χ3v) is 3.61. The Morgan fingerprint density at radius 1 is 1.07 bits per heavy atom. The molecule has 0 unspecified atom stereocenters. The van der Waals surface area contributed by atoms with E-state index in [1.54, 1.807) is 0 Å². The Balaban J connectivity index is 1.74. The van der Waals surface area contributed by atoms with Crippen LogP contribution in [0.4, 0.5) is 27.6 Å². The maximum Gasteiger partial charge on any atom is 0.573 e. The summed E-state index contributed by atoms with van der Waals surface area (Å²) in [6.45, 7) is -0.0871. The average Bonchev–Trinajstić information content (AvgIpc) is 3.02. The molecule has 1 aromatic heterocycles. The number of aromatic nitrogens is 2. The summed E-state index contributed by atoms with van der Waals surface area (Å²) in [6.07, 6.45) is -2.34. The molecule has 10 heteroatoms. The minimum Gasteiger partial charge on any atom is -0.405 e. The second-order valence-electron chi connectivity index (χ2n) is 5.63. The number of carbonyl (C=O) groups excluding carboxylic acids is 1. The number of halogens is 5. The summed E-state index contributed by atoms with van der Waals surface area (Å²) in [4.78, 5) is 12.1. The van der Waals surface area contributed by atoms with E-state index >= 15 is 0 Å². The van der Waals surface area contributed by atoms with Crippen molar-refractivity contribution in [2.45, 2.75) is 12.9 Å². The van der Waals surface area contributed by atoms with Crippen molar-refractivity contribution >= 4 is 11.6 Å². The van der Waals surface area contributed by atoms with Crippen molar-refractivity contribution in [3.05, 3.63) is 77.6 Å². The van der Waals surface area contributed by atoms with Crippen LogP contribution in [0.5, 0.6) is 5.75 Å². The predicted molar refractivity (Wildman–Crippen MR) is 88.8 cm³/mol. The topological polar surface area (TPSA) is 56.2 Å². The highest BCUT2D eigenvalue weighted by Crippen LogP contribution is 2.27. The second-order valence-corrected chi connectivity index (χ2v) is 5.63. The van der Waals surface area contributed by atoms with E-state index in [9.17, 15) is 26.7 Å². The highest BCUT2D eigenvalue weighted by Gasteiger charge is 2.32. The molecular formula is C18H12F5N3O2. The lowest BCUT2D eigenvalue weighted by Crippen LogP contribution is -2.18. The molecule has 0 radical (unpaired) electrons. The van der Waals surface area contributed by atoms with Gasteiger partial charge in [-0.1, -0.05) is 24.3 Å². The molecule has 1 N–H and O–H groups in total. The van der Waals surface area contributed by atoms with Crippen molar-refractivity contribution in [2.75, 3.05) is 5.32 Å². The summed E-state index contributed by atoms with van der Waals surface area (Å²) < 4.78 is 69.9. The molecule has 0 fully saturated rings. The highest BCUT2D eigenvalue weighted by molar-refractivity contribution is 6.04. The lowest BCUT2D eigenvalue weighted by atomic mass is 10.2. The predicted octanol–water partition coefficient (Wildman–Crippen LogP) is 4.36. The Morgan fingerprint density at radius 3 is 2.43 bits per heavy atom. The molecule has 146 valence electrons. The first kappa shape index (κ1) is 19.3. The number of amides is 1. The first-order valence-electron chi connectivity index (χ1n) is 7.84. The summed E-state index contributed by atoms with van der Waals surface area (Å²) in [6, 6.07) is 8.53. The van der Waals surface area contributed by atoms with Crippen LogP contribution in [0.2, 0.25) is 0 Å². The van der Waals surface area contributed by atoms with E-state index in [1.165, 1.54) is 35.3 Å². The minimum atomic E-state index is -4.84. The summed E-state index contributed by atoms with van der Waals surface area (Å²) >= 11 is 0. The van der Waals surface area contributed by atoms with Gasteiger partial charge in [-0.2, -0.15) is 5.10 Å². The van der Waals surface area contributed by atoms with Crippen LogP contribution in [0.1, 0.15) is 15.9 Å². The zero-order chi connectivity index (χ0) is 20.3. The van der Waals surface area contributed by atoms with Gasteiger partial charge in [0.05, 0.1) is 18.4 Å². The van der Waals surface area contributed by atoms with E-state index in [1.807, 2.05) is 0 Å². The molecule has 0 atom stereocenters. The number of para-hydroxylation sites is 1. The van der Waals surface area contributed by atoms with Gasteiger partial charge in [0.1, 0.15) is 22.9 Å². The quantitative estimate of drug-likeness (QED) is 0.651. The summed E-state index contributed by atoms with van der Waals surface area (Å²) in [5.74, 6) is -3.45. The van der Waals surface area contributed by atoms with Crippen LogP contribution >= 0.6 is 0 Å². The Labute approximate surface area is 155 Å². The van der Waals surface area contributed by atoms with Crippen LogP contribution in [0.25, 0.3) is 0 Å². The van der Waals surface area contributed by atoms with Gasteiger partial charge in [0.15, 0.2) is 0 Å². The van der Waals surface area contributed by atoms with Crippen molar-refractivity contribution in [2.24, 2.45) is 0 Å². The van der Waals surface area contributed by atoms with Gasteiger partial charge in [0, 0.05) is 11.8 Å². The van der Waals surface area contributed by atoms with Crippen LogP contribution in [-0.4, -0.2) is 22.1 Å². The Kier molecular flexibility index (Phi) is 5.30. The molecule has 0 saturated carbocycles. The SMILES string of the molecule is O=C(Nc1cnn(Cc2ccccc2OC(F)(F)F)c1)c1c(F)cccc1F. The van der Waals surface area contributed by atoms with Crippen molar-refractivity contribution in [3.8, 4) is 5.75 Å². The molecule has 28 heavy (non-hydrogen) atoms. The summed E-state index contributed by atoms with van der Waals surface area (Å²) in [7, 11) is 0. The fourth-order valence-electron chi connectivity index (χ4n) is 2.46. The molecule has 0 bridgehead atoms. The molecular weight excluding hydrogens is 385 g/mol. The van der Waals surface area contributed by atoms with Gasteiger partial charge in [-0.05, 0) is 18.2 Å². The number of hydrogen-bond donors (Lipinski definition) is 1. The van der Waals surface area contributed by atoms with Crippen molar-refractivity contribution in [3.63, 3.8) is 0 Å². The van der Waals surface area contributed by atoms with Gasteiger partial charge in [0.2, 0.25) is 0 Å². The highest BCUT2D eigenvalue weighted by atomic mass is 19.4. The molecule has 3 rings (SSSR count). The van der Waals surface area contributed by atoms with E-state index < -0.39 is 29.5 Å². The first-order valence-corrected chi connectivity index (χ1v) is 7.84. The lowest BCUT2D eigenvalue weighted by Gasteiger charge is -2.13. The van der Waals surface area contributed by atoms with E-state index in [-0.39, 0.29) is 23.5 Å². The number of hydrogen-bond acceptors (Lipinski definition) is 3. The van der Waals surface area contributed by atoms with Crippen molar-refractivity contribution in [1.82, 2.24) is 9.78 Å². The summed E-state index contributed by atoms with van der Waals surface area (Å²) in [5.41, 5.74) is -0.443. The normalized spacial score (nSPS) is 11.3. The van der Waals surface area contributed by atoms with Crippen LogP contribution in [0.3, 0.4) is 0 Å². The van der Waals surface area contributed by atoms with Crippen LogP contribution in [-0.2, 0) is 6.54 Å². The third-order valence-electron chi connectivity index (χ3n) is 3.61. The first-order chi connectivity index (χ1) is 13.2. The minimum absolute atomic E-state index is 0.0871. The zero-order valence-electron chi connectivity index (χ0n) is 14.0. The number of ether oxygens (including phenoxy) is 1. The van der Waals surface area contributed by atoms with Gasteiger partial charge in [-0.25, -0.2) is 8.78 Å². The molecule has 1 heterocycles. The van der Waals surface area contributed by atoms with Gasteiger partial charge in [-0.15, -0.1) is 13.2 Å². The van der Waals surface area contributed by atoms with Crippen molar-refractivity contribution < 1.29 is 31.5 Å². The maximum absolute atomic E-state index is 13.6. The number of benzene rings is 2. The molecule has 0 saturated heterocycles. The molecule has 5 nitrogen and oxygen atoms in total. The number of alkyl halides is 3. The van der Waals surface area contributed by atoms with Crippen LogP contribution < -0.4 is 10.1 Å². The van der Waals surface area contributed by atoms with Crippen LogP contribution in [0, 0.1) is 11.6 Å². The van der Waals surface area contributed by atoms with Crippen LogP contribution in [0.15, 0.2) is 54.9 Å². The van der Waals surface area contributed by atoms with Gasteiger partial charge < -0.3 is 10.1 Å². The molecule has 3 aromatic rings. The molecule has 0 spiro atoms. The molecule has 2 aromatic carbocycles. The third kappa shape index (κ3) is 4.64. The van der Waals surface area contributed by atoms with E-state index in [2.05, 4.69) is 15.2 Å². The Morgan fingerprint density at radius 2 is 1.75 bits per heavy atom. The molecule has 0 aliphatic rings. The summed E-state index contributed by atoms with van der Waals surface area (Å²) in [5, 5.41) is 6.20. The maximum atomic E-state index is 13.6. The lowest BCUT2D eigenvalue weighted by molar-refractivity contribution is -0.274. The van der Waals surface area contributed by atoms with E-state index in [0.717, 1.165) is 24.3 Å². The van der Waals surface area contributed by atoms with Gasteiger partial charge in [0.25, 0.3) is 5.91 Å². The largest absolute Gasteiger partial charge is 0.573 e. The molecule has 1 amide bonds. The fourth-order valence-corrected chi connectivity index (χ4v) is 2.46. The second kappa shape index (κ2) is 7.67. The monoisotopic (exact) mass is 397 g/mol. The average molecular weight is 397 g/mol. The van der Waals surface area contributed by atoms with Gasteiger partial charge >= 0.3 is 6.36 Å². The number of nitrogens with one attached hydrogen (secondary N) is 1. The number of carbonyl (C=O) groups is 1. The number of anilines is 1.